The van der Waals surface area contributed by atoms with Crippen molar-refractivity contribution in [3.8, 4) is 17.0 Å². The molecular formula is C28H32F2N4O5. The van der Waals surface area contributed by atoms with Crippen LogP contribution in [0.25, 0.3) is 11.3 Å². The number of morpholine rings is 1. The first-order valence-electron chi connectivity index (χ1n) is 12.7. The average molecular weight is 543 g/mol. The normalized spacial score (nSPS) is 15.8. The predicted molar refractivity (Wildman–Crippen MR) is 141 cm³/mol. The van der Waals surface area contributed by atoms with Crippen molar-refractivity contribution in [1.82, 2.24) is 14.7 Å². The zero-order valence-corrected chi connectivity index (χ0v) is 22.3. The second kappa shape index (κ2) is 11.8. The number of aryl methyl sites for hydroxylation is 1. The second-order valence-electron chi connectivity index (χ2n) is 10.00. The largest absolute Gasteiger partial charge is 0.444 e. The van der Waals surface area contributed by atoms with Gasteiger partial charge in [-0.25, -0.2) is 4.79 Å². The highest BCUT2D eigenvalue weighted by Gasteiger charge is 2.29. The molecule has 2 heterocycles. The number of rotatable bonds is 7. The maximum absolute atomic E-state index is 13.1. The number of carbonyl (C=O) groups is 2. The van der Waals surface area contributed by atoms with Crippen LogP contribution in [0.1, 0.15) is 49.9 Å². The quantitative estimate of drug-likeness (QED) is 0.410. The van der Waals surface area contributed by atoms with Crippen LogP contribution in [0, 0.1) is 0 Å². The van der Waals surface area contributed by atoms with E-state index >= 15 is 0 Å². The molecular weight excluding hydrogens is 510 g/mol. The minimum absolute atomic E-state index is 0.0100. The number of nitrogens with one attached hydrogen (secondary N) is 1. The molecule has 9 nitrogen and oxygen atoms in total. The Bertz CT molecular complexity index is 1300. The summed E-state index contributed by atoms with van der Waals surface area (Å²) in [5, 5.41) is 7.32. The zero-order valence-electron chi connectivity index (χ0n) is 22.3. The zero-order chi connectivity index (χ0) is 28.2. The van der Waals surface area contributed by atoms with Crippen molar-refractivity contribution in [3.63, 3.8) is 0 Å². The summed E-state index contributed by atoms with van der Waals surface area (Å²) in [6.45, 7) is 6.04. The maximum Gasteiger partial charge on any atom is 0.410 e. The number of amides is 2. The van der Waals surface area contributed by atoms with E-state index < -0.39 is 12.2 Å². The van der Waals surface area contributed by atoms with E-state index in [1.807, 2.05) is 39.8 Å². The van der Waals surface area contributed by atoms with Gasteiger partial charge in [-0.2, -0.15) is 13.9 Å². The van der Waals surface area contributed by atoms with Crippen LogP contribution in [0.4, 0.5) is 19.3 Å². The molecule has 1 fully saturated rings. The lowest BCUT2D eigenvalue weighted by Gasteiger charge is -2.34. The third-order valence-electron chi connectivity index (χ3n) is 5.93. The molecule has 0 saturated carbocycles. The van der Waals surface area contributed by atoms with Gasteiger partial charge in [-0.1, -0.05) is 24.3 Å². The molecule has 0 spiro atoms. The van der Waals surface area contributed by atoms with E-state index in [1.54, 1.807) is 39.9 Å². The molecule has 3 aromatic rings. The topological polar surface area (TPSA) is 94.9 Å². The number of benzene rings is 2. The van der Waals surface area contributed by atoms with Gasteiger partial charge in [0.25, 0.3) is 5.91 Å². The molecule has 2 aromatic carbocycles. The fourth-order valence-corrected chi connectivity index (χ4v) is 4.13. The van der Waals surface area contributed by atoms with E-state index in [4.69, 9.17) is 9.47 Å². The van der Waals surface area contributed by atoms with Crippen LogP contribution in [0.2, 0.25) is 0 Å². The Morgan fingerprint density at radius 1 is 1.15 bits per heavy atom. The maximum atomic E-state index is 13.1. The van der Waals surface area contributed by atoms with Crippen molar-refractivity contribution in [1.29, 1.82) is 0 Å². The Labute approximate surface area is 225 Å². The number of carbonyl (C=O) groups excluding carboxylic acids is 2. The van der Waals surface area contributed by atoms with Gasteiger partial charge in [0, 0.05) is 24.3 Å². The monoisotopic (exact) mass is 542 g/mol. The Hall–Kier alpha value is -3.99. The summed E-state index contributed by atoms with van der Waals surface area (Å²) in [7, 11) is 0. The van der Waals surface area contributed by atoms with Crippen LogP contribution in [0.15, 0.2) is 54.6 Å². The van der Waals surface area contributed by atoms with E-state index in [0.29, 0.717) is 48.9 Å². The van der Waals surface area contributed by atoms with Gasteiger partial charge >= 0.3 is 12.7 Å². The smallest absolute Gasteiger partial charge is 0.410 e. The van der Waals surface area contributed by atoms with Gasteiger partial charge in [0.1, 0.15) is 23.1 Å². The molecule has 208 valence electrons. The number of anilines is 1. The molecule has 1 aliphatic heterocycles. The third-order valence-corrected chi connectivity index (χ3v) is 5.93. The van der Waals surface area contributed by atoms with E-state index in [2.05, 4.69) is 15.2 Å². The van der Waals surface area contributed by atoms with Crippen molar-refractivity contribution in [2.24, 2.45) is 0 Å². The van der Waals surface area contributed by atoms with Crippen molar-refractivity contribution < 1.29 is 32.6 Å². The van der Waals surface area contributed by atoms with Crippen molar-refractivity contribution in [2.45, 2.75) is 52.6 Å². The van der Waals surface area contributed by atoms with Gasteiger partial charge in [-0.15, -0.1) is 0 Å². The number of ether oxygens (including phenoxy) is 3. The van der Waals surface area contributed by atoms with Crippen molar-refractivity contribution in [3.05, 3.63) is 65.9 Å². The lowest BCUT2D eigenvalue weighted by Crippen LogP contribution is -2.44. The standard InChI is InChI=1S/C28H32F2N4O5/c1-5-34-23(16-22(32-34)19-7-6-8-21(15-19)38-26(29)30)25(35)31-20-11-9-18(10-12-20)24-17-33(13-14-37-24)27(36)39-28(2,3)4/h6-12,15-16,24,26H,5,13-14,17H2,1-4H3,(H,31,35)/t24-/m1/s1. The highest BCUT2D eigenvalue weighted by molar-refractivity contribution is 6.03. The Morgan fingerprint density at radius 3 is 2.56 bits per heavy atom. The third kappa shape index (κ3) is 7.32. The molecule has 1 aliphatic rings. The molecule has 1 N–H and O–H groups in total. The van der Waals surface area contributed by atoms with Crippen molar-refractivity contribution >= 4 is 17.7 Å². The lowest BCUT2D eigenvalue weighted by molar-refractivity contribution is -0.0498. The Kier molecular flexibility index (Phi) is 8.49. The molecule has 39 heavy (non-hydrogen) atoms. The Balaban J connectivity index is 1.43. The summed E-state index contributed by atoms with van der Waals surface area (Å²) in [6, 6.07) is 15.0. The molecule has 2 amide bonds. The van der Waals surface area contributed by atoms with Gasteiger partial charge in [-0.05, 0) is 63.6 Å². The first kappa shape index (κ1) is 28.0. The first-order valence-corrected chi connectivity index (χ1v) is 12.7. The molecule has 1 aromatic heterocycles. The van der Waals surface area contributed by atoms with Gasteiger partial charge in [0.15, 0.2) is 0 Å². The fraction of sp³-hybridized carbons (Fsp3) is 0.393. The molecule has 0 unspecified atom stereocenters. The predicted octanol–water partition coefficient (Wildman–Crippen LogP) is 5.73. The second-order valence-corrected chi connectivity index (χ2v) is 10.00. The van der Waals surface area contributed by atoms with Crippen LogP contribution >= 0.6 is 0 Å². The number of aromatic nitrogens is 2. The number of hydrogen-bond donors (Lipinski definition) is 1. The van der Waals surface area contributed by atoms with E-state index in [1.165, 1.54) is 12.1 Å². The summed E-state index contributed by atoms with van der Waals surface area (Å²) in [6.07, 6.45) is -0.690. The summed E-state index contributed by atoms with van der Waals surface area (Å²) in [4.78, 5) is 27.2. The number of nitrogens with zero attached hydrogens (tertiary/aromatic N) is 3. The highest BCUT2D eigenvalue weighted by Crippen LogP contribution is 2.27. The summed E-state index contributed by atoms with van der Waals surface area (Å²) in [5.74, 6) is -0.357. The molecule has 11 heteroatoms. The minimum atomic E-state index is -2.94. The molecule has 1 saturated heterocycles. The highest BCUT2D eigenvalue weighted by atomic mass is 19.3. The minimum Gasteiger partial charge on any atom is -0.444 e. The van der Waals surface area contributed by atoms with Gasteiger partial charge in [0.05, 0.1) is 18.8 Å². The molecule has 0 aliphatic carbocycles. The van der Waals surface area contributed by atoms with E-state index in [-0.39, 0.29) is 23.9 Å². The lowest BCUT2D eigenvalue weighted by atomic mass is 10.1. The van der Waals surface area contributed by atoms with Crippen molar-refractivity contribution in [2.75, 3.05) is 25.0 Å². The SMILES string of the molecule is CCn1nc(-c2cccc(OC(F)F)c2)cc1C(=O)Nc1ccc([C@H]2CN(C(=O)OC(C)(C)C)CCO2)cc1. The molecule has 1 atom stereocenters. The molecule has 4 rings (SSSR count). The summed E-state index contributed by atoms with van der Waals surface area (Å²) in [5.41, 5.74) is 2.19. The summed E-state index contributed by atoms with van der Waals surface area (Å²) < 4.78 is 42.6. The van der Waals surface area contributed by atoms with Crippen LogP contribution < -0.4 is 10.1 Å². The molecule has 0 radical (unpaired) electrons. The first-order chi connectivity index (χ1) is 18.5. The van der Waals surface area contributed by atoms with Crippen LogP contribution in [0.5, 0.6) is 5.75 Å². The van der Waals surface area contributed by atoms with Crippen LogP contribution in [-0.4, -0.2) is 58.6 Å². The fourth-order valence-electron chi connectivity index (χ4n) is 4.13. The Morgan fingerprint density at radius 2 is 1.90 bits per heavy atom. The van der Waals surface area contributed by atoms with E-state index in [0.717, 1.165) is 5.56 Å². The summed E-state index contributed by atoms with van der Waals surface area (Å²) >= 11 is 0. The van der Waals surface area contributed by atoms with Gasteiger partial charge in [-0.3, -0.25) is 9.48 Å². The van der Waals surface area contributed by atoms with E-state index in [9.17, 15) is 18.4 Å². The average Bonchev–Trinajstić information content (AvgIpc) is 3.33. The van der Waals surface area contributed by atoms with Gasteiger partial charge < -0.3 is 24.4 Å². The number of alkyl halides is 2. The number of halogens is 2. The van der Waals surface area contributed by atoms with Gasteiger partial charge in [0.2, 0.25) is 0 Å². The van der Waals surface area contributed by atoms with Crippen LogP contribution in [0.3, 0.4) is 0 Å². The number of hydrogen-bond acceptors (Lipinski definition) is 6. The van der Waals surface area contributed by atoms with Crippen LogP contribution in [-0.2, 0) is 16.0 Å². The molecule has 0 bridgehead atoms.